The Morgan fingerprint density at radius 1 is 0.613 bits per heavy atom. The minimum atomic E-state index is 0.739. The van der Waals surface area contributed by atoms with Gasteiger partial charge in [-0.25, -0.2) is 0 Å². The number of halogens is 2. The molecule has 2 aromatic heterocycles. The Bertz CT molecular complexity index is 1070. The van der Waals surface area contributed by atoms with Gasteiger partial charge in [0.15, 0.2) is 0 Å². The average molecular weight is 452 g/mol. The average Bonchev–Trinajstić information content (AvgIpc) is 2.77. The van der Waals surface area contributed by atoms with Gasteiger partial charge in [-0.2, -0.15) is 0 Å². The molecule has 0 spiro atoms. The predicted molar refractivity (Wildman–Crippen MR) is 132 cm³/mol. The molecule has 0 saturated heterocycles. The van der Waals surface area contributed by atoms with Crippen molar-refractivity contribution in [3.63, 3.8) is 0 Å². The Morgan fingerprint density at radius 2 is 1.10 bits per heavy atom. The molecule has 0 radical (unpaired) electrons. The van der Waals surface area contributed by atoms with Crippen LogP contribution in [0.25, 0.3) is 21.8 Å². The van der Waals surface area contributed by atoms with Crippen molar-refractivity contribution in [3.05, 3.63) is 82.1 Å². The number of hydrogen-bond donors (Lipinski definition) is 1. The van der Waals surface area contributed by atoms with E-state index in [1.54, 1.807) is 0 Å². The lowest BCUT2D eigenvalue weighted by Gasteiger charge is -2.08. The van der Waals surface area contributed by atoms with Gasteiger partial charge in [0.1, 0.15) is 0 Å². The molecule has 31 heavy (non-hydrogen) atoms. The number of benzene rings is 2. The zero-order chi connectivity index (χ0) is 21.5. The third-order valence-corrected chi connectivity index (χ3v) is 6.16. The van der Waals surface area contributed by atoms with Crippen molar-refractivity contribution < 1.29 is 0 Å². The smallest absolute Gasteiger partial charge is 0.0719 e. The maximum absolute atomic E-state index is 6.08. The highest BCUT2D eigenvalue weighted by molar-refractivity contribution is 6.31. The van der Waals surface area contributed by atoms with Crippen LogP contribution >= 0.6 is 23.2 Å². The summed E-state index contributed by atoms with van der Waals surface area (Å²) in [5.74, 6) is 0. The Labute approximate surface area is 193 Å². The SMILES string of the molecule is Clc1ccc2c(CCCCNCCCCc3ccnc4cc(Cl)ccc34)ccnc2c1. The lowest BCUT2D eigenvalue weighted by atomic mass is 10.0. The maximum atomic E-state index is 6.08. The largest absolute Gasteiger partial charge is 0.317 e. The van der Waals surface area contributed by atoms with Crippen LogP contribution in [0.1, 0.15) is 36.8 Å². The van der Waals surface area contributed by atoms with E-state index >= 15 is 0 Å². The molecule has 0 aliphatic heterocycles. The van der Waals surface area contributed by atoms with Crippen LogP contribution in [-0.4, -0.2) is 23.1 Å². The summed E-state index contributed by atoms with van der Waals surface area (Å²) < 4.78 is 0. The quantitative estimate of drug-likeness (QED) is 0.263. The molecule has 0 aliphatic carbocycles. The van der Waals surface area contributed by atoms with Crippen LogP contribution < -0.4 is 5.32 Å². The Kier molecular flexibility index (Phi) is 7.74. The second kappa shape index (κ2) is 10.9. The van der Waals surface area contributed by atoms with E-state index in [-0.39, 0.29) is 0 Å². The van der Waals surface area contributed by atoms with E-state index in [4.69, 9.17) is 23.2 Å². The topological polar surface area (TPSA) is 37.8 Å². The van der Waals surface area contributed by atoms with Crippen LogP contribution in [0.15, 0.2) is 60.9 Å². The maximum Gasteiger partial charge on any atom is 0.0719 e. The number of unbranched alkanes of at least 4 members (excludes halogenated alkanes) is 2. The van der Waals surface area contributed by atoms with Crippen LogP contribution in [0.3, 0.4) is 0 Å². The summed E-state index contributed by atoms with van der Waals surface area (Å²) in [4.78, 5) is 8.85. The van der Waals surface area contributed by atoms with Gasteiger partial charge in [-0.05, 0) is 99.1 Å². The number of hydrogen-bond acceptors (Lipinski definition) is 3. The summed E-state index contributed by atoms with van der Waals surface area (Å²) in [6.07, 6.45) is 10.6. The number of pyridine rings is 2. The highest BCUT2D eigenvalue weighted by Gasteiger charge is 2.04. The van der Waals surface area contributed by atoms with E-state index < -0.39 is 0 Å². The molecule has 0 bridgehead atoms. The predicted octanol–water partition coefficient (Wildman–Crippen LogP) is 7.03. The standard InChI is InChI=1S/C26H27Cl2N3/c27-21-7-9-23-19(11-15-30-25(23)17-21)5-1-3-13-29-14-4-2-6-20-12-16-31-26-18-22(28)8-10-24(20)26/h7-12,15-18,29H,1-6,13-14H2. The molecule has 0 amide bonds. The molecule has 0 unspecified atom stereocenters. The number of fused-ring (bicyclic) bond motifs is 2. The van der Waals surface area contributed by atoms with Gasteiger partial charge in [0.25, 0.3) is 0 Å². The van der Waals surface area contributed by atoms with Crippen molar-refractivity contribution in [2.75, 3.05) is 13.1 Å². The Balaban J connectivity index is 1.14. The molecule has 160 valence electrons. The highest BCUT2D eigenvalue weighted by Crippen LogP contribution is 2.23. The van der Waals surface area contributed by atoms with Gasteiger partial charge >= 0.3 is 0 Å². The summed E-state index contributed by atoms with van der Waals surface area (Å²) in [7, 11) is 0. The highest BCUT2D eigenvalue weighted by atomic mass is 35.5. The Morgan fingerprint density at radius 3 is 1.58 bits per heavy atom. The molecule has 0 saturated carbocycles. The number of aryl methyl sites for hydroxylation is 2. The molecule has 4 rings (SSSR count). The van der Waals surface area contributed by atoms with Gasteiger partial charge in [0.05, 0.1) is 11.0 Å². The first kappa shape index (κ1) is 22.0. The van der Waals surface area contributed by atoms with Crippen molar-refractivity contribution in [3.8, 4) is 0 Å². The van der Waals surface area contributed by atoms with Crippen LogP contribution in [0.5, 0.6) is 0 Å². The van der Waals surface area contributed by atoms with Crippen LogP contribution in [0, 0.1) is 0 Å². The van der Waals surface area contributed by atoms with Gasteiger partial charge in [0.2, 0.25) is 0 Å². The molecule has 2 aromatic carbocycles. The number of aromatic nitrogens is 2. The normalized spacial score (nSPS) is 11.4. The van der Waals surface area contributed by atoms with Gasteiger partial charge in [-0.15, -0.1) is 0 Å². The zero-order valence-electron chi connectivity index (χ0n) is 17.6. The second-order valence-corrected chi connectivity index (χ2v) is 8.80. The van der Waals surface area contributed by atoms with Crippen LogP contribution in [0.2, 0.25) is 10.0 Å². The lowest BCUT2D eigenvalue weighted by Crippen LogP contribution is -2.17. The van der Waals surface area contributed by atoms with Crippen molar-refractivity contribution in [2.45, 2.75) is 38.5 Å². The molecular weight excluding hydrogens is 425 g/mol. The zero-order valence-corrected chi connectivity index (χ0v) is 19.1. The molecule has 0 atom stereocenters. The fourth-order valence-corrected chi connectivity index (χ4v) is 4.39. The summed E-state index contributed by atoms with van der Waals surface area (Å²) in [5, 5.41) is 7.49. The van der Waals surface area contributed by atoms with Crippen molar-refractivity contribution >= 4 is 45.0 Å². The molecule has 4 aromatic rings. The third kappa shape index (κ3) is 5.94. The third-order valence-electron chi connectivity index (χ3n) is 5.69. The lowest BCUT2D eigenvalue weighted by molar-refractivity contribution is 0.590. The fraction of sp³-hybridized carbons (Fsp3) is 0.308. The summed E-state index contributed by atoms with van der Waals surface area (Å²) in [6.45, 7) is 2.12. The number of nitrogens with one attached hydrogen (secondary N) is 1. The second-order valence-electron chi connectivity index (χ2n) is 7.93. The molecule has 1 N–H and O–H groups in total. The Hall–Kier alpha value is -2.20. The van der Waals surface area contributed by atoms with Gasteiger partial charge in [-0.3, -0.25) is 9.97 Å². The number of nitrogens with zero attached hydrogens (tertiary/aromatic N) is 2. The summed E-state index contributed by atoms with van der Waals surface area (Å²) in [5.41, 5.74) is 4.67. The van der Waals surface area contributed by atoms with E-state index in [1.807, 2.05) is 36.7 Å². The molecule has 0 fully saturated rings. The van der Waals surface area contributed by atoms with Crippen LogP contribution in [0.4, 0.5) is 0 Å². The monoisotopic (exact) mass is 451 g/mol. The van der Waals surface area contributed by atoms with Gasteiger partial charge in [-0.1, -0.05) is 35.3 Å². The van der Waals surface area contributed by atoms with Crippen molar-refractivity contribution in [1.29, 1.82) is 0 Å². The van der Waals surface area contributed by atoms with E-state index in [0.29, 0.717) is 0 Å². The van der Waals surface area contributed by atoms with E-state index in [1.165, 1.54) is 47.6 Å². The molecule has 5 heteroatoms. The van der Waals surface area contributed by atoms with Crippen molar-refractivity contribution in [1.82, 2.24) is 15.3 Å². The van der Waals surface area contributed by atoms with Gasteiger partial charge < -0.3 is 5.32 Å². The minimum absolute atomic E-state index is 0.739. The molecular formula is C26H27Cl2N3. The minimum Gasteiger partial charge on any atom is -0.317 e. The fourth-order valence-electron chi connectivity index (χ4n) is 4.05. The van der Waals surface area contributed by atoms with E-state index in [0.717, 1.165) is 47.0 Å². The van der Waals surface area contributed by atoms with E-state index in [9.17, 15) is 0 Å². The first-order chi connectivity index (χ1) is 15.2. The van der Waals surface area contributed by atoms with Crippen LogP contribution in [-0.2, 0) is 12.8 Å². The summed E-state index contributed by atoms with van der Waals surface area (Å²) >= 11 is 12.2. The van der Waals surface area contributed by atoms with E-state index in [2.05, 4.69) is 39.6 Å². The molecule has 2 heterocycles. The first-order valence-electron chi connectivity index (χ1n) is 11.0. The number of rotatable bonds is 10. The molecule has 3 nitrogen and oxygen atoms in total. The molecule has 0 aliphatic rings. The summed E-state index contributed by atoms with van der Waals surface area (Å²) in [6, 6.07) is 16.2. The first-order valence-corrected chi connectivity index (χ1v) is 11.7. The van der Waals surface area contributed by atoms with Gasteiger partial charge in [0, 0.05) is 33.2 Å². The van der Waals surface area contributed by atoms with Crippen molar-refractivity contribution in [2.24, 2.45) is 0 Å².